The quantitative estimate of drug-likeness (QED) is 0.734. The average molecular weight is 250 g/mol. The van der Waals surface area contributed by atoms with E-state index in [1.807, 2.05) is 0 Å². The summed E-state index contributed by atoms with van der Waals surface area (Å²) in [4.78, 5) is 0. The molecule has 4 nitrogen and oxygen atoms in total. The molecule has 1 aromatic rings. The highest BCUT2D eigenvalue weighted by atomic mass is 79.9. The number of hydrogen-bond donors (Lipinski definition) is 3. The van der Waals surface area contributed by atoms with E-state index in [1.54, 1.807) is 13.1 Å². The molecule has 74 valence electrons. The van der Waals surface area contributed by atoms with Crippen molar-refractivity contribution in [2.24, 2.45) is 0 Å². The van der Waals surface area contributed by atoms with Crippen LogP contribution < -0.4 is 5.32 Å². The van der Waals surface area contributed by atoms with Gasteiger partial charge in [-0.05, 0) is 29.0 Å². The van der Waals surface area contributed by atoms with Crippen molar-refractivity contribution in [1.29, 1.82) is 0 Å². The third kappa shape index (κ3) is 2.54. The normalized spacial score (nSPS) is 15.7. The van der Waals surface area contributed by atoms with Gasteiger partial charge in [0, 0.05) is 6.54 Å². The van der Waals surface area contributed by atoms with Gasteiger partial charge in [-0.3, -0.25) is 0 Å². The van der Waals surface area contributed by atoms with Crippen LogP contribution in [0, 0.1) is 0 Å². The van der Waals surface area contributed by atoms with Crippen molar-refractivity contribution in [3.63, 3.8) is 0 Å². The van der Waals surface area contributed by atoms with Crippen molar-refractivity contribution < 1.29 is 14.6 Å². The number of halogens is 1. The maximum Gasteiger partial charge on any atom is 0.149 e. The number of aliphatic hydroxyl groups excluding tert-OH is 2. The van der Waals surface area contributed by atoms with Crippen molar-refractivity contribution >= 4 is 15.9 Å². The molecule has 13 heavy (non-hydrogen) atoms. The Bertz CT molecular complexity index is 264. The second-order valence-corrected chi connectivity index (χ2v) is 3.56. The molecular weight excluding hydrogens is 238 g/mol. The van der Waals surface area contributed by atoms with E-state index in [2.05, 4.69) is 21.2 Å². The second kappa shape index (κ2) is 4.76. The van der Waals surface area contributed by atoms with Gasteiger partial charge in [0.15, 0.2) is 0 Å². The second-order valence-electron chi connectivity index (χ2n) is 2.70. The van der Waals surface area contributed by atoms with E-state index < -0.39 is 12.2 Å². The molecule has 0 aliphatic carbocycles. The molecule has 0 aliphatic rings. The first-order valence-electron chi connectivity index (χ1n) is 3.90. The van der Waals surface area contributed by atoms with E-state index >= 15 is 0 Å². The van der Waals surface area contributed by atoms with Gasteiger partial charge in [-0.1, -0.05) is 0 Å². The van der Waals surface area contributed by atoms with E-state index in [0.717, 1.165) is 0 Å². The van der Waals surface area contributed by atoms with Gasteiger partial charge in [-0.2, -0.15) is 0 Å². The van der Waals surface area contributed by atoms with Crippen LogP contribution in [0.5, 0.6) is 0 Å². The van der Waals surface area contributed by atoms with Gasteiger partial charge in [0.2, 0.25) is 0 Å². The van der Waals surface area contributed by atoms with E-state index in [4.69, 9.17) is 4.42 Å². The lowest BCUT2D eigenvalue weighted by Crippen LogP contribution is -2.29. The van der Waals surface area contributed by atoms with Crippen LogP contribution in [0.2, 0.25) is 0 Å². The lowest BCUT2D eigenvalue weighted by molar-refractivity contribution is 0.00684. The van der Waals surface area contributed by atoms with Crippen LogP contribution in [0.4, 0.5) is 0 Å². The lowest BCUT2D eigenvalue weighted by atomic mass is 10.1. The van der Waals surface area contributed by atoms with Crippen LogP contribution in [-0.4, -0.2) is 29.9 Å². The fourth-order valence-corrected chi connectivity index (χ4v) is 1.45. The Hall–Kier alpha value is -0.360. The third-order valence-electron chi connectivity index (χ3n) is 1.69. The predicted molar refractivity (Wildman–Crippen MR) is 51.3 cm³/mol. The van der Waals surface area contributed by atoms with Gasteiger partial charge < -0.3 is 19.9 Å². The largest absolute Gasteiger partial charge is 0.465 e. The zero-order valence-electron chi connectivity index (χ0n) is 7.20. The van der Waals surface area contributed by atoms with E-state index in [9.17, 15) is 10.2 Å². The average Bonchev–Trinajstić information content (AvgIpc) is 2.50. The summed E-state index contributed by atoms with van der Waals surface area (Å²) in [5.41, 5.74) is 0. The van der Waals surface area contributed by atoms with Crippen molar-refractivity contribution in [3.05, 3.63) is 22.6 Å². The number of nitrogens with one attached hydrogen (secondary N) is 1. The van der Waals surface area contributed by atoms with E-state index in [0.29, 0.717) is 16.8 Å². The Labute approximate surface area is 84.7 Å². The minimum absolute atomic E-state index is 0.314. The smallest absolute Gasteiger partial charge is 0.149 e. The zero-order chi connectivity index (χ0) is 9.84. The van der Waals surface area contributed by atoms with Gasteiger partial charge in [-0.15, -0.1) is 0 Å². The van der Waals surface area contributed by atoms with Crippen LogP contribution in [0.3, 0.4) is 0 Å². The minimum atomic E-state index is -1.00. The molecule has 0 spiro atoms. The molecule has 0 radical (unpaired) electrons. The number of furan rings is 1. The molecule has 1 heterocycles. The van der Waals surface area contributed by atoms with Crippen LogP contribution in [0.15, 0.2) is 21.2 Å². The highest BCUT2D eigenvalue weighted by Crippen LogP contribution is 2.26. The molecule has 0 saturated carbocycles. The van der Waals surface area contributed by atoms with Crippen molar-refractivity contribution in [2.75, 3.05) is 13.6 Å². The first kappa shape index (κ1) is 10.7. The highest BCUT2D eigenvalue weighted by Gasteiger charge is 2.22. The molecule has 0 aliphatic heterocycles. The van der Waals surface area contributed by atoms with Crippen LogP contribution >= 0.6 is 15.9 Å². The van der Waals surface area contributed by atoms with Gasteiger partial charge >= 0.3 is 0 Å². The summed E-state index contributed by atoms with van der Waals surface area (Å²) in [6.45, 7) is 0.314. The maximum absolute atomic E-state index is 9.58. The highest BCUT2D eigenvalue weighted by molar-refractivity contribution is 9.10. The van der Waals surface area contributed by atoms with Gasteiger partial charge in [-0.25, -0.2) is 0 Å². The Morgan fingerprint density at radius 1 is 1.62 bits per heavy atom. The molecule has 5 heteroatoms. The molecule has 0 saturated heterocycles. The fourth-order valence-electron chi connectivity index (χ4n) is 1.01. The lowest BCUT2D eigenvalue weighted by Gasteiger charge is -2.15. The minimum Gasteiger partial charge on any atom is -0.465 e. The van der Waals surface area contributed by atoms with Crippen LogP contribution in [0.25, 0.3) is 0 Å². The molecule has 0 bridgehead atoms. The summed E-state index contributed by atoms with van der Waals surface area (Å²) in [6, 6.07) is 1.67. The molecule has 2 atom stereocenters. The van der Waals surface area contributed by atoms with Crippen molar-refractivity contribution in [3.8, 4) is 0 Å². The summed E-state index contributed by atoms with van der Waals surface area (Å²) >= 11 is 3.20. The molecule has 1 rings (SSSR count). The fraction of sp³-hybridized carbons (Fsp3) is 0.500. The Balaban J connectivity index is 2.67. The van der Waals surface area contributed by atoms with Crippen LogP contribution in [0.1, 0.15) is 11.9 Å². The standard InChI is InChI=1S/C8H12BrNO3/c1-10-4-6(11)7(12)8-5(9)2-3-13-8/h2-3,6-7,10-12H,4H2,1H3. The van der Waals surface area contributed by atoms with Gasteiger partial charge in [0.05, 0.1) is 16.8 Å². The maximum atomic E-state index is 9.58. The Morgan fingerprint density at radius 2 is 2.31 bits per heavy atom. The Morgan fingerprint density at radius 3 is 2.77 bits per heavy atom. The number of likely N-dealkylation sites (N-methyl/N-ethyl adjacent to an activating group) is 1. The molecular formula is C8H12BrNO3. The predicted octanol–water partition coefficient (Wildman–Crippen LogP) is 0.656. The molecule has 3 N–H and O–H groups in total. The zero-order valence-corrected chi connectivity index (χ0v) is 8.78. The number of aliphatic hydroxyl groups is 2. The number of hydrogen-bond acceptors (Lipinski definition) is 4. The SMILES string of the molecule is CNCC(O)C(O)c1occc1Br. The van der Waals surface area contributed by atoms with Crippen molar-refractivity contribution in [2.45, 2.75) is 12.2 Å². The monoisotopic (exact) mass is 249 g/mol. The summed E-state index contributed by atoms with van der Waals surface area (Å²) in [5, 5.41) is 21.8. The van der Waals surface area contributed by atoms with E-state index in [1.165, 1.54) is 6.26 Å². The molecule has 0 fully saturated rings. The Kier molecular flexibility index (Phi) is 3.92. The summed E-state index contributed by atoms with van der Waals surface area (Å²) in [6.07, 6.45) is -0.418. The number of rotatable bonds is 4. The third-order valence-corrected chi connectivity index (χ3v) is 2.35. The van der Waals surface area contributed by atoms with E-state index in [-0.39, 0.29) is 0 Å². The first-order valence-corrected chi connectivity index (χ1v) is 4.69. The van der Waals surface area contributed by atoms with Gasteiger partial charge in [0.25, 0.3) is 0 Å². The molecule has 0 amide bonds. The van der Waals surface area contributed by atoms with Gasteiger partial charge in [0.1, 0.15) is 11.9 Å². The topological polar surface area (TPSA) is 65.6 Å². The molecule has 0 aromatic carbocycles. The van der Waals surface area contributed by atoms with Crippen LogP contribution in [-0.2, 0) is 0 Å². The summed E-state index contributed by atoms with van der Waals surface area (Å²) in [7, 11) is 1.70. The molecule has 1 aromatic heterocycles. The molecule has 2 unspecified atom stereocenters. The van der Waals surface area contributed by atoms with Crippen molar-refractivity contribution in [1.82, 2.24) is 5.32 Å². The first-order chi connectivity index (χ1) is 6.16. The summed E-state index contributed by atoms with van der Waals surface area (Å²) in [5.74, 6) is 0.350. The summed E-state index contributed by atoms with van der Waals surface area (Å²) < 4.78 is 5.67.